The SMILES string of the molecule is COCc1c(C(=O)OCC(=O)[C@@H](C#N)c2nc(C)cs2)sc2cccc(F)c12. The number of aromatic nitrogens is 1. The first-order valence-corrected chi connectivity index (χ1v) is 9.86. The molecule has 144 valence electrons. The number of nitriles is 1. The molecule has 0 N–H and O–H groups in total. The molecule has 3 aromatic rings. The molecule has 2 aromatic heterocycles. The number of thiophene rings is 1. The molecule has 0 unspecified atom stereocenters. The molecule has 2 heterocycles. The summed E-state index contributed by atoms with van der Waals surface area (Å²) in [7, 11) is 1.44. The smallest absolute Gasteiger partial charge is 0.349 e. The Kier molecular flexibility index (Phi) is 6.14. The Bertz CT molecular complexity index is 1080. The van der Waals surface area contributed by atoms with Gasteiger partial charge < -0.3 is 9.47 Å². The third-order valence-electron chi connectivity index (χ3n) is 3.92. The predicted molar refractivity (Wildman–Crippen MR) is 103 cm³/mol. The quantitative estimate of drug-likeness (QED) is 0.539. The van der Waals surface area contributed by atoms with Gasteiger partial charge in [0, 0.05) is 33.8 Å². The lowest BCUT2D eigenvalue weighted by atomic mass is 10.1. The van der Waals surface area contributed by atoms with Crippen LogP contribution in [-0.2, 0) is 20.9 Å². The van der Waals surface area contributed by atoms with Crippen molar-refractivity contribution in [2.24, 2.45) is 0 Å². The molecule has 0 aliphatic carbocycles. The van der Waals surface area contributed by atoms with Crippen molar-refractivity contribution in [3.8, 4) is 6.07 Å². The van der Waals surface area contributed by atoms with Gasteiger partial charge in [-0.15, -0.1) is 22.7 Å². The van der Waals surface area contributed by atoms with Crippen molar-refractivity contribution in [3.05, 3.63) is 50.5 Å². The maximum Gasteiger partial charge on any atom is 0.349 e. The number of hydrogen-bond acceptors (Lipinski definition) is 8. The number of Topliss-reactive ketones (excluding diaryl/α,β-unsaturated/α-hetero) is 1. The number of nitrogens with zero attached hydrogens (tertiary/aromatic N) is 2. The van der Waals surface area contributed by atoms with Gasteiger partial charge in [-0.3, -0.25) is 4.79 Å². The number of thiazole rings is 1. The molecular formula is C19H15FN2O4S2. The molecule has 1 atom stereocenters. The van der Waals surface area contributed by atoms with E-state index in [1.807, 2.05) is 6.07 Å². The highest BCUT2D eigenvalue weighted by Crippen LogP contribution is 2.34. The van der Waals surface area contributed by atoms with Gasteiger partial charge in [-0.1, -0.05) is 6.07 Å². The van der Waals surface area contributed by atoms with Crippen LogP contribution in [-0.4, -0.2) is 30.5 Å². The molecule has 28 heavy (non-hydrogen) atoms. The topological polar surface area (TPSA) is 89.3 Å². The fraction of sp³-hybridized carbons (Fsp3) is 0.263. The van der Waals surface area contributed by atoms with Crippen LogP contribution in [0.4, 0.5) is 4.39 Å². The van der Waals surface area contributed by atoms with E-state index in [9.17, 15) is 19.2 Å². The molecule has 0 saturated heterocycles. The van der Waals surface area contributed by atoms with Crippen LogP contribution in [0.2, 0.25) is 0 Å². The highest BCUT2D eigenvalue weighted by Gasteiger charge is 2.26. The number of esters is 1. The molecule has 1 aromatic carbocycles. The number of carbonyl (C=O) groups excluding carboxylic acids is 2. The lowest BCUT2D eigenvalue weighted by Crippen LogP contribution is -2.20. The van der Waals surface area contributed by atoms with Crippen molar-refractivity contribution in [2.75, 3.05) is 13.7 Å². The summed E-state index contributed by atoms with van der Waals surface area (Å²) in [5, 5.41) is 11.7. The number of carbonyl (C=O) groups is 2. The Morgan fingerprint density at radius 2 is 2.18 bits per heavy atom. The van der Waals surface area contributed by atoms with Crippen LogP contribution < -0.4 is 0 Å². The highest BCUT2D eigenvalue weighted by molar-refractivity contribution is 7.21. The van der Waals surface area contributed by atoms with Crippen LogP contribution in [0.5, 0.6) is 0 Å². The molecule has 0 bridgehead atoms. The van der Waals surface area contributed by atoms with E-state index in [0.717, 1.165) is 11.3 Å². The van der Waals surface area contributed by atoms with Crippen LogP contribution >= 0.6 is 22.7 Å². The molecule has 0 fully saturated rings. The van der Waals surface area contributed by atoms with Crippen LogP contribution in [0.3, 0.4) is 0 Å². The van der Waals surface area contributed by atoms with E-state index in [2.05, 4.69) is 4.98 Å². The number of aryl methyl sites for hydroxylation is 1. The van der Waals surface area contributed by atoms with Gasteiger partial charge in [-0.25, -0.2) is 14.2 Å². The monoisotopic (exact) mass is 418 g/mol. The van der Waals surface area contributed by atoms with Gasteiger partial charge >= 0.3 is 5.97 Å². The molecule has 0 amide bonds. The number of fused-ring (bicyclic) bond motifs is 1. The summed E-state index contributed by atoms with van der Waals surface area (Å²) in [6, 6.07) is 6.45. The molecular weight excluding hydrogens is 403 g/mol. The van der Waals surface area contributed by atoms with Crippen LogP contribution in [0, 0.1) is 24.1 Å². The molecule has 0 radical (unpaired) electrons. The zero-order chi connectivity index (χ0) is 20.3. The number of hydrogen-bond donors (Lipinski definition) is 0. The summed E-state index contributed by atoms with van der Waals surface area (Å²) in [6.45, 7) is 1.22. The van der Waals surface area contributed by atoms with E-state index >= 15 is 0 Å². The minimum absolute atomic E-state index is 0.0263. The number of rotatable bonds is 7. The van der Waals surface area contributed by atoms with Gasteiger partial charge in [0.05, 0.1) is 12.7 Å². The van der Waals surface area contributed by atoms with Crippen molar-refractivity contribution >= 4 is 44.5 Å². The van der Waals surface area contributed by atoms with E-state index in [1.165, 1.54) is 24.5 Å². The van der Waals surface area contributed by atoms with Crippen LogP contribution in [0.25, 0.3) is 10.1 Å². The predicted octanol–water partition coefficient (Wildman–Crippen LogP) is 3.99. The second-order valence-electron chi connectivity index (χ2n) is 5.89. The molecule has 0 saturated carbocycles. The van der Waals surface area contributed by atoms with Gasteiger partial charge in [0.1, 0.15) is 15.7 Å². The third-order valence-corrected chi connectivity index (χ3v) is 6.12. The first kappa shape index (κ1) is 20.1. The van der Waals surface area contributed by atoms with E-state index in [4.69, 9.17) is 9.47 Å². The van der Waals surface area contributed by atoms with Gasteiger partial charge in [-0.05, 0) is 19.1 Å². The fourth-order valence-electron chi connectivity index (χ4n) is 2.67. The third kappa shape index (κ3) is 3.94. The lowest BCUT2D eigenvalue weighted by molar-refractivity contribution is -0.122. The van der Waals surface area contributed by atoms with Crippen LogP contribution in [0.1, 0.15) is 31.9 Å². The van der Waals surface area contributed by atoms with Crippen molar-refractivity contribution < 1.29 is 23.5 Å². The Morgan fingerprint density at radius 1 is 1.39 bits per heavy atom. The number of ketones is 1. The maximum atomic E-state index is 14.2. The van der Waals surface area contributed by atoms with Gasteiger partial charge in [0.2, 0.25) is 0 Å². The second kappa shape index (κ2) is 8.56. The van der Waals surface area contributed by atoms with E-state index in [0.29, 0.717) is 26.4 Å². The summed E-state index contributed by atoms with van der Waals surface area (Å²) >= 11 is 2.27. The van der Waals surface area contributed by atoms with Crippen molar-refractivity contribution in [1.29, 1.82) is 5.26 Å². The molecule has 9 heteroatoms. The standard InChI is InChI=1S/C19H15FN2O4S2/c1-10-9-27-18(22-10)11(6-21)14(23)8-26-19(24)17-12(7-25-2)16-13(20)4-3-5-15(16)28-17/h3-5,9,11H,7-8H2,1-2H3/t11-/m1/s1. The van der Waals surface area contributed by atoms with E-state index in [-0.39, 0.29) is 11.5 Å². The molecule has 3 rings (SSSR count). The lowest BCUT2D eigenvalue weighted by Gasteiger charge is -2.07. The van der Waals surface area contributed by atoms with E-state index in [1.54, 1.807) is 24.4 Å². The number of ether oxygens (including phenoxy) is 2. The van der Waals surface area contributed by atoms with Gasteiger partial charge in [0.25, 0.3) is 0 Å². The summed E-state index contributed by atoms with van der Waals surface area (Å²) in [6.07, 6.45) is 0. The molecule has 0 aliphatic heterocycles. The van der Waals surface area contributed by atoms with Gasteiger partial charge in [-0.2, -0.15) is 5.26 Å². The minimum atomic E-state index is -1.09. The van der Waals surface area contributed by atoms with Crippen molar-refractivity contribution in [2.45, 2.75) is 19.4 Å². The van der Waals surface area contributed by atoms with Gasteiger partial charge in [0.15, 0.2) is 18.3 Å². The first-order chi connectivity index (χ1) is 13.5. The molecule has 0 spiro atoms. The summed E-state index contributed by atoms with van der Waals surface area (Å²) in [4.78, 5) is 29.2. The zero-order valence-electron chi connectivity index (χ0n) is 15.0. The van der Waals surface area contributed by atoms with Crippen molar-refractivity contribution in [3.63, 3.8) is 0 Å². The average molecular weight is 418 g/mol. The van der Waals surface area contributed by atoms with Crippen LogP contribution in [0.15, 0.2) is 23.6 Å². The Morgan fingerprint density at radius 3 is 2.82 bits per heavy atom. The second-order valence-corrected chi connectivity index (χ2v) is 7.83. The maximum absolute atomic E-state index is 14.2. The fourth-order valence-corrected chi connectivity index (χ4v) is 4.65. The summed E-state index contributed by atoms with van der Waals surface area (Å²) in [5.74, 6) is -2.87. The minimum Gasteiger partial charge on any atom is -0.453 e. The Hall–Kier alpha value is -2.67. The Balaban J connectivity index is 1.80. The summed E-state index contributed by atoms with van der Waals surface area (Å²) in [5.41, 5.74) is 1.09. The van der Waals surface area contributed by atoms with Crippen molar-refractivity contribution in [1.82, 2.24) is 4.98 Å². The molecule has 6 nitrogen and oxygen atoms in total. The largest absolute Gasteiger partial charge is 0.453 e. The zero-order valence-corrected chi connectivity index (χ0v) is 16.7. The number of benzene rings is 1. The highest BCUT2D eigenvalue weighted by atomic mass is 32.1. The summed E-state index contributed by atoms with van der Waals surface area (Å²) < 4.78 is 25.0. The average Bonchev–Trinajstić information content (AvgIpc) is 3.25. The van der Waals surface area contributed by atoms with E-state index < -0.39 is 30.1 Å². The number of methoxy groups -OCH3 is 1. The normalized spacial score (nSPS) is 11.9. The molecule has 0 aliphatic rings. The first-order valence-electron chi connectivity index (χ1n) is 8.16. The number of halogens is 1. The Labute approximate surface area is 168 Å².